The van der Waals surface area contributed by atoms with Crippen LogP contribution in [0.4, 0.5) is 5.82 Å². The van der Waals surface area contributed by atoms with E-state index in [1.165, 1.54) is 16.9 Å². The van der Waals surface area contributed by atoms with E-state index in [9.17, 15) is 14.9 Å². The van der Waals surface area contributed by atoms with Gasteiger partial charge in [-0.3, -0.25) is 4.79 Å². The Morgan fingerprint density at radius 3 is 3.00 bits per heavy atom. The number of rotatable bonds is 8. The van der Waals surface area contributed by atoms with Crippen LogP contribution in [0, 0.1) is 16.0 Å². The summed E-state index contributed by atoms with van der Waals surface area (Å²) in [6, 6.07) is 1.25. The van der Waals surface area contributed by atoms with E-state index in [0.29, 0.717) is 6.54 Å². The summed E-state index contributed by atoms with van der Waals surface area (Å²) in [7, 11) is 0. The molecule has 0 saturated heterocycles. The first-order valence-corrected chi connectivity index (χ1v) is 6.08. The van der Waals surface area contributed by atoms with Crippen molar-refractivity contribution in [3.63, 3.8) is 0 Å². The van der Waals surface area contributed by atoms with Gasteiger partial charge < -0.3 is 20.5 Å². The zero-order valence-electron chi connectivity index (χ0n) is 10.8. The number of aliphatic hydroxyl groups is 1. The molecule has 0 spiro atoms. The third-order valence-electron chi connectivity index (χ3n) is 2.63. The van der Waals surface area contributed by atoms with Gasteiger partial charge in [-0.2, -0.15) is 4.68 Å². The van der Waals surface area contributed by atoms with Crippen molar-refractivity contribution in [3.8, 4) is 0 Å². The Labute approximate surface area is 110 Å². The van der Waals surface area contributed by atoms with E-state index in [0.717, 1.165) is 12.8 Å². The van der Waals surface area contributed by atoms with E-state index in [-0.39, 0.29) is 30.8 Å². The monoisotopic (exact) mass is 270 g/mol. The number of hydrogen-bond acceptors (Lipinski definition) is 5. The Balaban J connectivity index is 2.25. The van der Waals surface area contributed by atoms with E-state index >= 15 is 0 Å². The molecule has 1 heterocycles. The SMILES string of the molecule is CC(CO)CCCNC(=O)Cn1ccc([N+](=O)[O-])n1. The molecule has 0 saturated carbocycles. The van der Waals surface area contributed by atoms with Crippen molar-refractivity contribution in [1.29, 1.82) is 0 Å². The van der Waals surface area contributed by atoms with Crippen molar-refractivity contribution in [3.05, 3.63) is 22.4 Å². The van der Waals surface area contributed by atoms with Crippen LogP contribution >= 0.6 is 0 Å². The van der Waals surface area contributed by atoms with Gasteiger partial charge in [0.1, 0.15) is 6.54 Å². The Kier molecular flexibility index (Phi) is 5.94. The van der Waals surface area contributed by atoms with Gasteiger partial charge >= 0.3 is 5.82 Å². The van der Waals surface area contributed by atoms with E-state index in [4.69, 9.17) is 5.11 Å². The van der Waals surface area contributed by atoms with Crippen molar-refractivity contribution in [2.45, 2.75) is 26.3 Å². The van der Waals surface area contributed by atoms with Crippen LogP contribution in [0.1, 0.15) is 19.8 Å². The normalized spacial score (nSPS) is 12.1. The van der Waals surface area contributed by atoms with E-state index in [1.54, 1.807) is 0 Å². The summed E-state index contributed by atoms with van der Waals surface area (Å²) in [5.41, 5.74) is 0. The van der Waals surface area contributed by atoms with Crippen LogP contribution in [-0.4, -0.2) is 38.9 Å². The molecular formula is C11H18N4O4. The predicted molar refractivity (Wildman–Crippen MR) is 67.4 cm³/mol. The maximum Gasteiger partial charge on any atom is 0.389 e. The van der Waals surface area contributed by atoms with Gasteiger partial charge in [0.05, 0.1) is 17.4 Å². The van der Waals surface area contributed by atoms with E-state index in [1.807, 2.05) is 6.92 Å². The van der Waals surface area contributed by atoms with Gasteiger partial charge in [-0.1, -0.05) is 6.92 Å². The number of nitrogens with one attached hydrogen (secondary N) is 1. The summed E-state index contributed by atoms with van der Waals surface area (Å²) in [6.07, 6.45) is 3.02. The molecule has 1 rings (SSSR count). The van der Waals surface area contributed by atoms with Gasteiger partial charge in [0.2, 0.25) is 5.91 Å². The smallest absolute Gasteiger partial charge is 0.389 e. The van der Waals surface area contributed by atoms with E-state index < -0.39 is 4.92 Å². The fourth-order valence-electron chi connectivity index (χ4n) is 1.51. The molecular weight excluding hydrogens is 252 g/mol. The highest BCUT2D eigenvalue weighted by Gasteiger charge is 2.12. The Morgan fingerprint density at radius 2 is 2.42 bits per heavy atom. The molecule has 0 aliphatic heterocycles. The number of aliphatic hydroxyl groups excluding tert-OH is 1. The summed E-state index contributed by atoms with van der Waals surface area (Å²) in [4.78, 5) is 21.3. The van der Waals surface area contributed by atoms with Crippen LogP contribution in [0.3, 0.4) is 0 Å². The molecule has 8 nitrogen and oxygen atoms in total. The number of nitrogens with zero attached hydrogens (tertiary/aromatic N) is 3. The largest absolute Gasteiger partial charge is 0.396 e. The third-order valence-corrected chi connectivity index (χ3v) is 2.63. The molecule has 0 aliphatic rings. The number of hydrogen-bond donors (Lipinski definition) is 2. The second kappa shape index (κ2) is 7.47. The maximum atomic E-state index is 11.5. The molecule has 1 aromatic heterocycles. The first-order chi connectivity index (χ1) is 9.02. The van der Waals surface area contributed by atoms with Crippen LogP contribution in [0.15, 0.2) is 12.3 Å². The molecule has 1 atom stereocenters. The second-order valence-electron chi connectivity index (χ2n) is 4.41. The summed E-state index contributed by atoms with van der Waals surface area (Å²) < 4.78 is 1.23. The zero-order valence-corrected chi connectivity index (χ0v) is 10.8. The van der Waals surface area contributed by atoms with Crippen LogP contribution in [0.25, 0.3) is 0 Å². The minimum Gasteiger partial charge on any atom is -0.396 e. The Hall–Kier alpha value is -1.96. The Morgan fingerprint density at radius 1 is 1.68 bits per heavy atom. The maximum absolute atomic E-state index is 11.5. The zero-order chi connectivity index (χ0) is 14.3. The predicted octanol–water partition coefficient (Wildman–Crippen LogP) is 0.316. The van der Waals surface area contributed by atoms with Crippen LogP contribution < -0.4 is 5.32 Å². The summed E-state index contributed by atoms with van der Waals surface area (Å²) >= 11 is 0. The number of aromatic nitrogens is 2. The van der Waals surface area contributed by atoms with Gasteiger partial charge in [0.25, 0.3) is 0 Å². The first-order valence-electron chi connectivity index (χ1n) is 6.08. The van der Waals surface area contributed by atoms with Crippen LogP contribution in [-0.2, 0) is 11.3 Å². The highest BCUT2D eigenvalue weighted by molar-refractivity contribution is 5.75. The number of amides is 1. The van der Waals surface area contributed by atoms with Crippen molar-refractivity contribution < 1.29 is 14.8 Å². The second-order valence-corrected chi connectivity index (χ2v) is 4.41. The van der Waals surface area contributed by atoms with E-state index in [2.05, 4.69) is 10.4 Å². The lowest BCUT2D eigenvalue weighted by molar-refractivity contribution is -0.389. The molecule has 1 unspecified atom stereocenters. The van der Waals surface area contributed by atoms with Crippen molar-refractivity contribution >= 4 is 11.7 Å². The van der Waals surface area contributed by atoms with Gasteiger partial charge in [0.15, 0.2) is 0 Å². The highest BCUT2D eigenvalue weighted by Crippen LogP contribution is 2.05. The molecule has 1 aromatic rings. The standard InChI is InChI=1S/C11H18N4O4/c1-9(8-16)3-2-5-12-11(17)7-14-6-4-10(13-14)15(18)19/h4,6,9,16H,2-3,5,7-8H2,1H3,(H,12,17). The highest BCUT2D eigenvalue weighted by atomic mass is 16.6. The minimum absolute atomic E-state index is 0.0383. The lowest BCUT2D eigenvalue weighted by atomic mass is 10.1. The van der Waals surface area contributed by atoms with Crippen molar-refractivity contribution in [2.24, 2.45) is 5.92 Å². The first kappa shape index (κ1) is 15.1. The fourth-order valence-corrected chi connectivity index (χ4v) is 1.51. The molecule has 106 valence electrons. The summed E-state index contributed by atoms with van der Waals surface area (Å²) in [5.74, 6) is -0.287. The topological polar surface area (TPSA) is 110 Å². The van der Waals surface area contributed by atoms with Crippen LogP contribution in [0.5, 0.6) is 0 Å². The van der Waals surface area contributed by atoms with Crippen molar-refractivity contribution in [2.75, 3.05) is 13.2 Å². The number of nitro groups is 1. The lowest BCUT2D eigenvalue weighted by Gasteiger charge is -2.07. The molecule has 0 aliphatic carbocycles. The van der Waals surface area contributed by atoms with Gasteiger partial charge in [0, 0.05) is 13.2 Å². The van der Waals surface area contributed by atoms with Crippen LogP contribution in [0.2, 0.25) is 0 Å². The average molecular weight is 270 g/mol. The molecule has 0 bridgehead atoms. The third kappa shape index (κ3) is 5.47. The summed E-state index contributed by atoms with van der Waals surface area (Å²) in [6.45, 7) is 2.56. The Bertz CT molecular complexity index is 432. The molecule has 0 fully saturated rings. The molecule has 0 radical (unpaired) electrons. The van der Waals surface area contributed by atoms with Gasteiger partial charge in [-0.15, -0.1) is 0 Å². The fraction of sp³-hybridized carbons (Fsp3) is 0.636. The lowest BCUT2D eigenvalue weighted by Crippen LogP contribution is -2.28. The number of carbonyl (C=O) groups is 1. The summed E-state index contributed by atoms with van der Waals surface area (Å²) in [5, 5.41) is 25.6. The number of carbonyl (C=O) groups excluding carboxylic acids is 1. The quantitative estimate of drug-likeness (QED) is 0.401. The van der Waals surface area contributed by atoms with Gasteiger partial charge in [-0.25, -0.2) is 0 Å². The molecule has 19 heavy (non-hydrogen) atoms. The molecule has 2 N–H and O–H groups in total. The molecule has 0 aromatic carbocycles. The average Bonchev–Trinajstić information content (AvgIpc) is 2.83. The minimum atomic E-state index is -0.606. The molecule has 8 heteroatoms. The van der Waals surface area contributed by atoms with Crippen molar-refractivity contribution in [1.82, 2.24) is 15.1 Å². The van der Waals surface area contributed by atoms with Gasteiger partial charge in [-0.05, 0) is 23.7 Å². The molecule has 1 amide bonds.